The number of amides is 1. The van der Waals surface area contributed by atoms with Crippen molar-refractivity contribution < 1.29 is 4.79 Å². The zero-order valence-electron chi connectivity index (χ0n) is 13.3. The molecule has 1 amide bonds. The highest BCUT2D eigenvalue weighted by Gasteiger charge is 2.26. The molecule has 0 saturated carbocycles. The molecule has 0 aliphatic carbocycles. The number of rotatable bonds is 4. The summed E-state index contributed by atoms with van der Waals surface area (Å²) in [6.07, 6.45) is 4.05. The van der Waals surface area contributed by atoms with Gasteiger partial charge in [0.1, 0.15) is 0 Å². The molecule has 1 fully saturated rings. The molecule has 1 aliphatic rings. The van der Waals surface area contributed by atoms with Crippen molar-refractivity contribution in [2.45, 2.75) is 64.5 Å². The fourth-order valence-corrected chi connectivity index (χ4v) is 3.05. The third-order valence-electron chi connectivity index (χ3n) is 4.44. The first-order valence-electron chi connectivity index (χ1n) is 7.90. The number of benzene rings is 1. The number of carbonyl (C=O) groups excluding carboxylic acids is 1. The molecule has 3 unspecified atom stereocenters. The Morgan fingerprint density at radius 1 is 1.29 bits per heavy atom. The summed E-state index contributed by atoms with van der Waals surface area (Å²) in [5.74, 6) is 0.293. The summed E-state index contributed by atoms with van der Waals surface area (Å²) < 4.78 is 0. The minimum atomic E-state index is 0.0972. The highest BCUT2D eigenvalue weighted by molar-refractivity contribution is 5.76. The predicted molar refractivity (Wildman–Crippen MR) is 86.6 cm³/mol. The van der Waals surface area contributed by atoms with Crippen molar-refractivity contribution in [3.05, 3.63) is 29.8 Å². The largest absolute Gasteiger partial charge is 0.399 e. The number of nitrogen functional groups attached to an aromatic ring is 1. The average Bonchev–Trinajstić information content (AvgIpc) is 2.43. The van der Waals surface area contributed by atoms with Gasteiger partial charge in [0.05, 0.1) is 0 Å². The van der Waals surface area contributed by atoms with E-state index in [2.05, 4.69) is 31.2 Å². The summed E-state index contributed by atoms with van der Waals surface area (Å²) in [6, 6.07) is 8.62. The standard InChI is InChI=1S/C17H27N3O/c1-12(15-7-9-16(18)10-8-15)11-17(21)19-20-13(2)5-4-6-14(20)3/h7-10,12-14H,4-6,11,18H2,1-3H3,(H,19,21). The Bertz CT molecular complexity index is 461. The quantitative estimate of drug-likeness (QED) is 0.838. The molecule has 0 bridgehead atoms. The van der Waals surface area contributed by atoms with E-state index in [1.807, 2.05) is 24.3 Å². The van der Waals surface area contributed by atoms with Crippen LogP contribution in [0, 0.1) is 0 Å². The predicted octanol–water partition coefficient (Wildman–Crippen LogP) is 3.06. The Kier molecular flexibility index (Phi) is 5.23. The molecular weight excluding hydrogens is 262 g/mol. The lowest BCUT2D eigenvalue weighted by atomic mass is 9.97. The Morgan fingerprint density at radius 2 is 1.86 bits per heavy atom. The van der Waals surface area contributed by atoms with Crippen LogP contribution in [0.25, 0.3) is 0 Å². The van der Waals surface area contributed by atoms with E-state index in [1.54, 1.807) is 0 Å². The Morgan fingerprint density at radius 3 is 2.43 bits per heavy atom. The van der Waals surface area contributed by atoms with E-state index >= 15 is 0 Å². The molecule has 1 aromatic rings. The van der Waals surface area contributed by atoms with Gasteiger partial charge in [-0.15, -0.1) is 0 Å². The number of anilines is 1. The minimum Gasteiger partial charge on any atom is -0.399 e. The molecule has 0 spiro atoms. The summed E-state index contributed by atoms with van der Waals surface area (Å²) in [7, 11) is 0. The van der Waals surface area contributed by atoms with Crippen molar-refractivity contribution in [2.24, 2.45) is 0 Å². The van der Waals surface area contributed by atoms with Gasteiger partial charge in [-0.25, -0.2) is 5.01 Å². The summed E-state index contributed by atoms with van der Waals surface area (Å²) in [6.45, 7) is 6.44. The normalized spacial score (nSPS) is 24.5. The zero-order valence-corrected chi connectivity index (χ0v) is 13.3. The highest BCUT2D eigenvalue weighted by atomic mass is 16.2. The average molecular weight is 289 g/mol. The molecule has 2 rings (SSSR count). The minimum absolute atomic E-state index is 0.0972. The van der Waals surface area contributed by atoms with Gasteiger partial charge in [-0.2, -0.15) is 0 Å². The van der Waals surface area contributed by atoms with Crippen molar-refractivity contribution in [3.63, 3.8) is 0 Å². The van der Waals surface area contributed by atoms with E-state index < -0.39 is 0 Å². The molecule has 4 heteroatoms. The summed E-state index contributed by atoms with van der Waals surface area (Å²) in [4.78, 5) is 12.3. The van der Waals surface area contributed by atoms with Gasteiger partial charge in [-0.3, -0.25) is 10.2 Å². The number of hydrogen-bond donors (Lipinski definition) is 2. The maximum absolute atomic E-state index is 12.3. The fraction of sp³-hybridized carbons (Fsp3) is 0.588. The summed E-state index contributed by atoms with van der Waals surface area (Å²) >= 11 is 0. The lowest BCUT2D eigenvalue weighted by Crippen LogP contribution is -2.54. The molecular formula is C17H27N3O. The van der Waals surface area contributed by atoms with Gasteiger partial charge in [-0.05, 0) is 50.3 Å². The fourth-order valence-electron chi connectivity index (χ4n) is 3.05. The van der Waals surface area contributed by atoms with Gasteiger partial charge in [0.25, 0.3) is 0 Å². The maximum Gasteiger partial charge on any atom is 0.234 e. The lowest BCUT2D eigenvalue weighted by Gasteiger charge is -2.38. The van der Waals surface area contributed by atoms with Gasteiger partial charge in [0, 0.05) is 24.2 Å². The number of nitrogens with two attached hydrogens (primary N) is 1. The first-order chi connectivity index (χ1) is 9.97. The van der Waals surface area contributed by atoms with Crippen LogP contribution in [0.2, 0.25) is 0 Å². The Balaban J connectivity index is 1.90. The maximum atomic E-state index is 12.3. The third-order valence-corrected chi connectivity index (χ3v) is 4.44. The molecule has 4 nitrogen and oxygen atoms in total. The Labute approximate surface area is 127 Å². The van der Waals surface area contributed by atoms with Crippen LogP contribution in [-0.2, 0) is 4.79 Å². The van der Waals surface area contributed by atoms with Crippen LogP contribution in [-0.4, -0.2) is 23.0 Å². The van der Waals surface area contributed by atoms with Crippen molar-refractivity contribution >= 4 is 11.6 Å². The molecule has 1 aromatic carbocycles. The number of hydrazine groups is 1. The van der Waals surface area contributed by atoms with Crippen molar-refractivity contribution in [1.82, 2.24) is 10.4 Å². The van der Waals surface area contributed by atoms with Crippen molar-refractivity contribution in [3.8, 4) is 0 Å². The SMILES string of the molecule is CC(CC(=O)NN1C(C)CCCC1C)c1ccc(N)cc1. The van der Waals surface area contributed by atoms with Crippen LogP contribution in [0.5, 0.6) is 0 Å². The van der Waals surface area contributed by atoms with Crippen LogP contribution in [0.3, 0.4) is 0 Å². The first kappa shape index (κ1) is 15.8. The number of piperidine rings is 1. The highest BCUT2D eigenvalue weighted by Crippen LogP contribution is 2.22. The van der Waals surface area contributed by atoms with Gasteiger partial charge < -0.3 is 5.73 Å². The van der Waals surface area contributed by atoms with Crippen LogP contribution in [0.15, 0.2) is 24.3 Å². The van der Waals surface area contributed by atoms with E-state index in [0.717, 1.165) is 24.1 Å². The van der Waals surface area contributed by atoms with Crippen LogP contribution in [0.1, 0.15) is 57.9 Å². The molecule has 0 aromatic heterocycles. The summed E-state index contributed by atoms with van der Waals surface area (Å²) in [5, 5.41) is 2.13. The second-order valence-electron chi connectivity index (χ2n) is 6.34. The van der Waals surface area contributed by atoms with Crippen LogP contribution in [0.4, 0.5) is 5.69 Å². The summed E-state index contributed by atoms with van der Waals surface area (Å²) in [5.41, 5.74) is 10.7. The van der Waals surface area contributed by atoms with Gasteiger partial charge in [0.15, 0.2) is 0 Å². The second-order valence-corrected chi connectivity index (χ2v) is 6.34. The molecule has 1 saturated heterocycles. The molecule has 1 aliphatic heterocycles. The second kappa shape index (κ2) is 6.94. The smallest absolute Gasteiger partial charge is 0.234 e. The van der Waals surface area contributed by atoms with Gasteiger partial charge in [0.2, 0.25) is 5.91 Å². The first-order valence-corrected chi connectivity index (χ1v) is 7.90. The van der Waals surface area contributed by atoms with Crippen molar-refractivity contribution in [1.29, 1.82) is 0 Å². The lowest BCUT2D eigenvalue weighted by molar-refractivity contribution is -0.129. The van der Waals surface area contributed by atoms with Gasteiger partial charge in [-0.1, -0.05) is 25.5 Å². The van der Waals surface area contributed by atoms with E-state index in [1.165, 1.54) is 6.42 Å². The van der Waals surface area contributed by atoms with Crippen LogP contribution >= 0.6 is 0 Å². The monoisotopic (exact) mass is 289 g/mol. The topological polar surface area (TPSA) is 58.4 Å². The molecule has 0 radical (unpaired) electrons. The molecule has 21 heavy (non-hydrogen) atoms. The molecule has 3 N–H and O–H groups in total. The number of nitrogens with zero attached hydrogens (tertiary/aromatic N) is 1. The number of carbonyl (C=O) groups is 1. The number of nitrogens with one attached hydrogen (secondary N) is 1. The Hall–Kier alpha value is -1.55. The zero-order chi connectivity index (χ0) is 15.4. The van der Waals surface area contributed by atoms with Crippen LogP contribution < -0.4 is 11.2 Å². The third kappa shape index (κ3) is 4.21. The van der Waals surface area contributed by atoms with Crippen molar-refractivity contribution in [2.75, 3.05) is 5.73 Å². The van der Waals surface area contributed by atoms with E-state index in [-0.39, 0.29) is 11.8 Å². The van der Waals surface area contributed by atoms with Gasteiger partial charge >= 0.3 is 0 Å². The van der Waals surface area contributed by atoms with E-state index in [0.29, 0.717) is 18.5 Å². The molecule has 116 valence electrons. The van der Waals surface area contributed by atoms with E-state index in [4.69, 9.17) is 5.73 Å². The molecule has 3 atom stereocenters. The molecule has 1 heterocycles. The van der Waals surface area contributed by atoms with E-state index in [9.17, 15) is 4.79 Å². The number of hydrogen-bond acceptors (Lipinski definition) is 3.